The molecule has 0 unspecified atom stereocenters. The maximum atomic E-state index is 11.8. The first kappa shape index (κ1) is 14.4. The van der Waals surface area contributed by atoms with E-state index in [2.05, 4.69) is 5.32 Å². The molecule has 1 N–H and O–H groups in total. The first-order valence-electron chi connectivity index (χ1n) is 5.64. The van der Waals surface area contributed by atoms with E-state index in [9.17, 15) is 13.2 Å². The Balaban J connectivity index is 2.82. The number of ether oxygens (including phenoxy) is 1. The van der Waals surface area contributed by atoms with Crippen LogP contribution in [-0.2, 0) is 19.6 Å². The van der Waals surface area contributed by atoms with E-state index in [1.165, 1.54) is 4.31 Å². The van der Waals surface area contributed by atoms with Gasteiger partial charge in [0.25, 0.3) is 0 Å². The van der Waals surface area contributed by atoms with Crippen LogP contribution in [0.1, 0.15) is 6.92 Å². The van der Waals surface area contributed by atoms with Crippen molar-refractivity contribution in [2.24, 2.45) is 11.8 Å². The summed E-state index contributed by atoms with van der Waals surface area (Å²) in [7, 11) is -0.114. The number of hydrogen-bond donors (Lipinski definition) is 1. The minimum absolute atomic E-state index is 0.0627. The van der Waals surface area contributed by atoms with Gasteiger partial charge in [-0.25, -0.2) is 12.7 Å². The van der Waals surface area contributed by atoms with Crippen LogP contribution in [0.4, 0.5) is 0 Å². The molecule has 1 rings (SSSR count). The second-order valence-corrected chi connectivity index (χ2v) is 6.41. The predicted octanol–water partition coefficient (Wildman–Crippen LogP) is -0.723. The van der Waals surface area contributed by atoms with Gasteiger partial charge < -0.3 is 10.1 Å². The van der Waals surface area contributed by atoms with Crippen molar-refractivity contribution < 1.29 is 17.9 Å². The zero-order chi connectivity index (χ0) is 13.1. The van der Waals surface area contributed by atoms with Gasteiger partial charge in [0.2, 0.25) is 15.9 Å². The number of amides is 1. The highest BCUT2D eigenvalue weighted by atomic mass is 32.2. The fraction of sp³-hybridized carbons (Fsp3) is 0.900. The number of hydrogen-bond acceptors (Lipinski definition) is 4. The van der Waals surface area contributed by atoms with Crippen LogP contribution in [0.25, 0.3) is 0 Å². The molecular formula is C10H20N2O4S. The molecule has 17 heavy (non-hydrogen) atoms. The number of sulfonamides is 1. The van der Waals surface area contributed by atoms with Gasteiger partial charge in [0.15, 0.2) is 0 Å². The van der Waals surface area contributed by atoms with Crippen molar-refractivity contribution in [3.8, 4) is 0 Å². The van der Waals surface area contributed by atoms with Gasteiger partial charge in [-0.05, 0) is 6.92 Å². The van der Waals surface area contributed by atoms with Crippen molar-refractivity contribution in [1.82, 2.24) is 9.62 Å². The molecule has 0 aromatic heterocycles. The van der Waals surface area contributed by atoms with Crippen LogP contribution in [-0.4, -0.2) is 58.2 Å². The second-order valence-electron chi connectivity index (χ2n) is 4.15. The molecular weight excluding hydrogens is 244 g/mol. The van der Waals surface area contributed by atoms with Crippen molar-refractivity contribution in [2.75, 3.05) is 39.6 Å². The van der Waals surface area contributed by atoms with Gasteiger partial charge in [-0.15, -0.1) is 0 Å². The van der Waals surface area contributed by atoms with Crippen molar-refractivity contribution in [2.45, 2.75) is 6.92 Å². The highest BCUT2D eigenvalue weighted by molar-refractivity contribution is 7.89. The summed E-state index contributed by atoms with van der Waals surface area (Å²) in [6.07, 6.45) is 0. The molecule has 1 heterocycles. The fourth-order valence-corrected chi connectivity index (χ4v) is 3.28. The van der Waals surface area contributed by atoms with Gasteiger partial charge in [0.05, 0.1) is 18.3 Å². The molecule has 0 aliphatic carbocycles. The fourth-order valence-electron chi connectivity index (χ4n) is 2.11. The van der Waals surface area contributed by atoms with Crippen LogP contribution in [0.5, 0.6) is 0 Å². The quantitative estimate of drug-likeness (QED) is 0.711. The maximum Gasteiger partial charge on any atom is 0.224 e. The molecule has 1 aliphatic heterocycles. The molecule has 0 aromatic rings. The van der Waals surface area contributed by atoms with Gasteiger partial charge in [-0.2, -0.15) is 0 Å². The summed E-state index contributed by atoms with van der Waals surface area (Å²) in [6.45, 7) is 2.62. The Bertz CT molecular complexity index is 369. The number of nitrogens with zero attached hydrogens (tertiary/aromatic N) is 1. The van der Waals surface area contributed by atoms with E-state index >= 15 is 0 Å². The molecule has 1 aliphatic rings. The average molecular weight is 264 g/mol. The van der Waals surface area contributed by atoms with E-state index < -0.39 is 10.0 Å². The Morgan fingerprint density at radius 3 is 2.59 bits per heavy atom. The number of carbonyl (C=O) groups is 1. The number of methoxy groups -OCH3 is 1. The van der Waals surface area contributed by atoms with Crippen LogP contribution < -0.4 is 5.32 Å². The van der Waals surface area contributed by atoms with Crippen LogP contribution in [0.3, 0.4) is 0 Å². The molecule has 7 heteroatoms. The van der Waals surface area contributed by atoms with Gasteiger partial charge in [0, 0.05) is 33.2 Å². The highest BCUT2D eigenvalue weighted by Gasteiger charge is 2.41. The van der Waals surface area contributed by atoms with Crippen LogP contribution in [0.2, 0.25) is 0 Å². The Hall–Kier alpha value is -0.660. The SMILES string of the molecule is CCS(=O)(=O)N1C[C@@H](COC)[C@H](C(=O)NC)C1. The van der Waals surface area contributed by atoms with Gasteiger partial charge in [0.1, 0.15) is 0 Å². The van der Waals surface area contributed by atoms with E-state index in [1.807, 2.05) is 0 Å². The Labute approximate surface area is 102 Å². The summed E-state index contributed by atoms with van der Waals surface area (Å²) in [5.41, 5.74) is 0. The highest BCUT2D eigenvalue weighted by Crippen LogP contribution is 2.26. The third kappa shape index (κ3) is 3.17. The van der Waals surface area contributed by atoms with Crippen LogP contribution >= 0.6 is 0 Å². The lowest BCUT2D eigenvalue weighted by atomic mass is 9.96. The van der Waals surface area contributed by atoms with E-state index in [0.717, 1.165) is 0 Å². The van der Waals surface area contributed by atoms with Crippen molar-refractivity contribution >= 4 is 15.9 Å². The third-order valence-electron chi connectivity index (χ3n) is 3.13. The van der Waals surface area contributed by atoms with Gasteiger partial charge in [-0.3, -0.25) is 4.79 Å². The molecule has 100 valence electrons. The summed E-state index contributed by atoms with van der Waals surface area (Å²) in [5, 5.41) is 2.57. The number of carbonyl (C=O) groups excluding carboxylic acids is 1. The molecule has 2 atom stereocenters. The number of rotatable bonds is 5. The lowest BCUT2D eigenvalue weighted by molar-refractivity contribution is -0.125. The molecule has 0 bridgehead atoms. The smallest absolute Gasteiger partial charge is 0.224 e. The van der Waals surface area contributed by atoms with Crippen LogP contribution in [0, 0.1) is 11.8 Å². The Kier molecular flexibility index (Phi) is 4.91. The molecule has 0 spiro atoms. The molecule has 1 saturated heterocycles. The minimum atomic E-state index is -3.23. The predicted molar refractivity (Wildman–Crippen MR) is 64.0 cm³/mol. The molecule has 1 fully saturated rings. The lowest BCUT2D eigenvalue weighted by Crippen LogP contribution is -2.35. The Morgan fingerprint density at radius 2 is 2.12 bits per heavy atom. The lowest BCUT2D eigenvalue weighted by Gasteiger charge is -2.15. The summed E-state index contributed by atoms with van der Waals surface area (Å²) in [4.78, 5) is 11.7. The van der Waals surface area contributed by atoms with Crippen molar-refractivity contribution in [3.63, 3.8) is 0 Å². The zero-order valence-electron chi connectivity index (χ0n) is 10.5. The standard InChI is InChI=1S/C10H20N2O4S/c1-4-17(14,15)12-5-8(7-16-3)9(6-12)10(13)11-2/h8-9H,4-7H2,1-3H3,(H,11,13)/t8-,9+/m0/s1. The summed E-state index contributed by atoms with van der Waals surface area (Å²) in [6, 6.07) is 0. The largest absolute Gasteiger partial charge is 0.384 e. The molecule has 0 radical (unpaired) electrons. The maximum absolute atomic E-state index is 11.8. The molecule has 6 nitrogen and oxygen atoms in total. The molecule has 1 amide bonds. The summed E-state index contributed by atoms with van der Waals surface area (Å²) < 4.78 is 30.0. The normalized spacial score (nSPS) is 26.1. The topological polar surface area (TPSA) is 75.7 Å². The van der Waals surface area contributed by atoms with E-state index in [-0.39, 0.29) is 30.0 Å². The second kappa shape index (κ2) is 5.79. The van der Waals surface area contributed by atoms with Crippen LogP contribution in [0.15, 0.2) is 0 Å². The first-order valence-corrected chi connectivity index (χ1v) is 7.25. The molecule has 0 saturated carbocycles. The summed E-state index contributed by atoms with van der Waals surface area (Å²) in [5.74, 6) is -0.448. The molecule has 0 aromatic carbocycles. The first-order chi connectivity index (χ1) is 7.96. The van der Waals surface area contributed by atoms with E-state index in [4.69, 9.17) is 4.74 Å². The monoisotopic (exact) mass is 264 g/mol. The number of nitrogens with one attached hydrogen (secondary N) is 1. The van der Waals surface area contributed by atoms with Gasteiger partial charge in [-0.1, -0.05) is 0 Å². The zero-order valence-corrected chi connectivity index (χ0v) is 11.3. The Morgan fingerprint density at radius 1 is 1.47 bits per heavy atom. The van der Waals surface area contributed by atoms with Crippen molar-refractivity contribution in [1.29, 1.82) is 0 Å². The minimum Gasteiger partial charge on any atom is -0.384 e. The van der Waals surface area contributed by atoms with E-state index in [0.29, 0.717) is 13.2 Å². The summed E-state index contributed by atoms with van der Waals surface area (Å²) >= 11 is 0. The van der Waals surface area contributed by atoms with E-state index in [1.54, 1.807) is 21.1 Å². The van der Waals surface area contributed by atoms with Gasteiger partial charge >= 0.3 is 0 Å². The average Bonchev–Trinajstić information content (AvgIpc) is 2.73. The third-order valence-corrected chi connectivity index (χ3v) is 4.94. The van der Waals surface area contributed by atoms with Crippen molar-refractivity contribution in [3.05, 3.63) is 0 Å².